The number of aromatic nitrogens is 2. The second-order valence-electron chi connectivity index (χ2n) is 7.38. The number of nitrogens with zero attached hydrogens (tertiary/aromatic N) is 1. The zero-order valence-electron chi connectivity index (χ0n) is 18.2. The van der Waals surface area contributed by atoms with Gasteiger partial charge in [0, 0.05) is 23.5 Å². The van der Waals surface area contributed by atoms with Crippen LogP contribution < -0.4 is 16.2 Å². The molecule has 1 atom stereocenters. The highest BCUT2D eigenvalue weighted by molar-refractivity contribution is 7.99. The van der Waals surface area contributed by atoms with Crippen molar-refractivity contribution >= 4 is 45.1 Å². The Bertz CT molecular complexity index is 1190. The molecule has 0 saturated carbocycles. The Balaban J connectivity index is 1.40. The standard InChI is InChI=1S/C22H26N4O4S2/c1-12-13(2)32-22-18(12)21(30)25-17(26-22)11-31-14(3)19(28)23-8-5-9-24-20(29)15-6-4-7-16(27)10-15/h4,6-7,10,14,27H,5,8-9,11H2,1-3H3,(H,23,28)(H,24,29)(H,25,26,30). The van der Waals surface area contributed by atoms with E-state index in [2.05, 4.69) is 20.6 Å². The number of phenolic OH excluding ortho intramolecular Hbond substituents is 1. The molecule has 0 aliphatic rings. The molecule has 0 radical (unpaired) electrons. The Hall–Kier alpha value is -2.85. The number of thioether (sulfide) groups is 1. The molecule has 0 spiro atoms. The van der Waals surface area contributed by atoms with Crippen molar-refractivity contribution in [1.29, 1.82) is 0 Å². The first-order chi connectivity index (χ1) is 15.3. The summed E-state index contributed by atoms with van der Waals surface area (Å²) in [7, 11) is 0. The molecule has 10 heteroatoms. The van der Waals surface area contributed by atoms with Gasteiger partial charge in [0.2, 0.25) is 5.91 Å². The van der Waals surface area contributed by atoms with Gasteiger partial charge in [0.15, 0.2) is 0 Å². The van der Waals surface area contributed by atoms with Crippen molar-refractivity contribution in [2.75, 3.05) is 13.1 Å². The van der Waals surface area contributed by atoms with Crippen LogP contribution in [0.25, 0.3) is 10.2 Å². The maximum absolute atomic E-state index is 12.4. The van der Waals surface area contributed by atoms with Gasteiger partial charge in [0.25, 0.3) is 11.5 Å². The number of aryl methyl sites for hydroxylation is 2. The van der Waals surface area contributed by atoms with E-state index in [9.17, 15) is 19.5 Å². The van der Waals surface area contributed by atoms with Gasteiger partial charge in [0.1, 0.15) is 16.4 Å². The highest BCUT2D eigenvalue weighted by atomic mass is 32.2. The smallest absolute Gasteiger partial charge is 0.259 e. The topological polar surface area (TPSA) is 124 Å². The van der Waals surface area contributed by atoms with Crippen LogP contribution in [0.4, 0.5) is 0 Å². The van der Waals surface area contributed by atoms with Gasteiger partial charge in [-0.15, -0.1) is 23.1 Å². The average molecular weight is 475 g/mol. The number of aromatic hydroxyl groups is 1. The Morgan fingerprint density at radius 2 is 2.00 bits per heavy atom. The largest absolute Gasteiger partial charge is 0.508 e. The van der Waals surface area contributed by atoms with Gasteiger partial charge in [-0.2, -0.15) is 0 Å². The summed E-state index contributed by atoms with van der Waals surface area (Å²) in [5, 5.41) is 15.4. The van der Waals surface area contributed by atoms with Crippen LogP contribution >= 0.6 is 23.1 Å². The maximum Gasteiger partial charge on any atom is 0.259 e. The number of amides is 2. The fourth-order valence-corrected chi connectivity index (χ4v) is 4.87. The summed E-state index contributed by atoms with van der Waals surface area (Å²) in [6.45, 7) is 6.53. The number of benzene rings is 1. The number of phenols is 1. The van der Waals surface area contributed by atoms with Crippen molar-refractivity contribution in [2.24, 2.45) is 0 Å². The number of thiophene rings is 1. The van der Waals surface area contributed by atoms with E-state index in [0.29, 0.717) is 42.0 Å². The number of rotatable bonds is 9. The van der Waals surface area contributed by atoms with Crippen molar-refractivity contribution in [2.45, 2.75) is 38.2 Å². The molecule has 0 bridgehead atoms. The molecule has 4 N–H and O–H groups in total. The van der Waals surface area contributed by atoms with Crippen LogP contribution in [0.1, 0.15) is 40.0 Å². The summed E-state index contributed by atoms with van der Waals surface area (Å²) in [6.07, 6.45) is 0.580. The SMILES string of the molecule is Cc1sc2nc(CSC(C)C(=O)NCCCNC(=O)c3cccc(O)c3)[nH]c(=O)c2c1C. The number of hydrogen-bond donors (Lipinski definition) is 4. The maximum atomic E-state index is 12.4. The quantitative estimate of drug-likeness (QED) is 0.354. The van der Waals surface area contributed by atoms with E-state index >= 15 is 0 Å². The van der Waals surface area contributed by atoms with Crippen LogP contribution in [-0.4, -0.2) is 45.2 Å². The third-order valence-electron chi connectivity index (χ3n) is 4.97. The Labute approximate surface area is 193 Å². The number of carbonyl (C=O) groups is 2. The summed E-state index contributed by atoms with van der Waals surface area (Å²) >= 11 is 2.90. The van der Waals surface area contributed by atoms with E-state index in [1.54, 1.807) is 19.1 Å². The number of fused-ring (bicyclic) bond motifs is 1. The molecule has 3 rings (SSSR count). The van der Waals surface area contributed by atoms with E-state index in [1.165, 1.54) is 35.2 Å². The van der Waals surface area contributed by atoms with Crippen molar-refractivity contribution in [3.8, 4) is 5.75 Å². The molecular weight excluding hydrogens is 448 g/mol. The highest BCUT2D eigenvalue weighted by Gasteiger charge is 2.16. The fraction of sp³-hybridized carbons (Fsp3) is 0.364. The van der Waals surface area contributed by atoms with E-state index < -0.39 is 0 Å². The number of hydrogen-bond acceptors (Lipinski definition) is 7. The van der Waals surface area contributed by atoms with Crippen LogP contribution in [0.2, 0.25) is 0 Å². The molecule has 0 fully saturated rings. The molecule has 8 nitrogen and oxygen atoms in total. The zero-order chi connectivity index (χ0) is 23.3. The van der Waals surface area contributed by atoms with E-state index in [0.717, 1.165) is 15.3 Å². The number of nitrogens with one attached hydrogen (secondary N) is 3. The van der Waals surface area contributed by atoms with Gasteiger partial charge < -0.3 is 20.7 Å². The second kappa shape index (κ2) is 10.6. The zero-order valence-corrected chi connectivity index (χ0v) is 19.8. The number of H-pyrrole nitrogens is 1. The Kier molecular flexibility index (Phi) is 7.92. The van der Waals surface area contributed by atoms with Crippen LogP contribution in [0.15, 0.2) is 29.1 Å². The first-order valence-corrected chi connectivity index (χ1v) is 12.1. The summed E-state index contributed by atoms with van der Waals surface area (Å²) < 4.78 is 0. The molecule has 170 valence electrons. The lowest BCUT2D eigenvalue weighted by atomic mass is 10.2. The van der Waals surface area contributed by atoms with Gasteiger partial charge in [-0.25, -0.2) is 4.98 Å². The lowest BCUT2D eigenvalue weighted by Gasteiger charge is -2.12. The molecule has 2 heterocycles. The molecule has 1 unspecified atom stereocenters. The molecule has 0 saturated heterocycles. The molecule has 2 amide bonds. The van der Waals surface area contributed by atoms with Gasteiger partial charge in [-0.1, -0.05) is 6.07 Å². The number of aromatic amines is 1. The van der Waals surface area contributed by atoms with Gasteiger partial charge in [0.05, 0.1) is 16.4 Å². The van der Waals surface area contributed by atoms with Crippen LogP contribution in [0.5, 0.6) is 5.75 Å². The fourth-order valence-electron chi connectivity index (χ4n) is 3.04. The molecular formula is C22H26N4O4S2. The van der Waals surface area contributed by atoms with E-state index in [1.807, 2.05) is 13.8 Å². The minimum absolute atomic E-state index is 0.0382. The van der Waals surface area contributed by atoms with Crippen molar-refractivity contribution in [3.63, 3.8) is 0 Å². The molecule has 0 aliphatic carbocycles. The van der Waals surface area contributed by atoms with Gasteiger partial charge >= 0.3 is 0 Å². The Morgan fingerprint density at radius 3 is 2.75 bits per heavy atom. The van der Waals surface area contributed by atoms with Crippen LogP contribution in [0.3, 0.4) is 0 Å². The minimum Gasteiger partial charge on any atom is -0.508 e. The molecule has 32 heavy (non-hydrogen) atoms. The summed E-state index contributed by atoms with van der Waals surface area (Å²) in [6, 6.07) is 6.13. The van der Waals surface area contributed by atoms with Crippen molar-refractivity contribution in [3.05, 3.63) is 56.4 Å². The van der Waals surface area contributed by atoms with Gasteiger partial charge in [-0.05, 0) is 51.0 Å². The average Bonchev–Trinajstić information content (AvgIpc) is 3.05. The monoisotopic (exact) mass is 474 g/mol. The molecule has 3 aromatic rings. The number of carbonyl (C=O) groups excluding carboxylic acids is 2. The normalized spacial score (nSPS) is 12.0. The van der Waals surface area contributed by atoms with Crippen LogP contribution in [-0.2, 0) is 10.5 Å². The van der Waals surface area contributed by atoms with Crippen LogP contribution in [0, 0.1) is 13.8 Å². The van der Waals surface area contributed by atoms with E-state index in [-0.39, 0.29) is 28.4 Å². The minimum atomic E-state index is -0.315. The molecule has 2 aromatic heterocycles. The van der Waals surface area contributed by atoms with Gasteiger partial charge in [-0.3, -0.25) is 14.4 Å². The lowest BCUT2D eigenvalue weighted by Crippen LogP contribution is -2.34. The first kappa shape index (κ1) is 23.8. The summed E-state index contributed by atoms with van der Waals surface area (Å²) in [5.41, 5.74) is 1.21. The Morgan fingerprint density at radius 1 is 1.25 bits per heavy atom. The second-order valence-corrected chi connectivity index (χ2v) is 9.91. The van der Waals surface area contributed by atoms with Crippen molar-refractivity contribution in [1.82, 2.24) is 20.6 Å². The lowest BCUT2D eigenvalue weighted by molar-refractivity contribution is -0.120. The third kappa shape index (κ3) is 5.89. The predicted octanol–water partition coefficient (Wildman–Crippen LogP) is 2.87. The molecule has 0 aliphatic heterocycles. The third-order valence-corrected chi connectivity index (χ3v) is 7.23. The van der Waals surface area contributed by atoms with Crippen molar-refractivity contribution < 1.29 is 14.7 Å². The highest BCUT2D eigenvalue weighted by Crippen LogP contribution is 2.26. The summed E-state index contributed by atoms with van der Waals surface area (Å²) in [4.78, 5) is 45.8. The summed E-state index contributed by atoms with van der Waals surface area (Å²) in [5.74, 6) is 0.640. The van der Waals surface area contributed by atoms with E-state index in [4.69, 9.17) is 0 Å². The molecule has 1 aromatic carbocycles. The first-order valence-electron chi connectivity index (χ1n) is 10.2. The predicted molar refractivity (Wildman–Crippen MR) is 129 cm³/mol.